The van der Waals surface area contributed by atoms with Crippen LogP contribution in [-0.4, -0.2) is 26.8 Å². The Bertz CT molecular complexity index is 656. The van der Waals surface area contributed by atoms with E-state index in [9.17, 15) is 4.79 Å². The van der Waals surface area contributed by atoms with Gasteiger partial charge in [0, 0.05) is 11.3 Å². The number of hydrogen-bond donors (Lipinski definition) is 1. The minimum absolute atomic E-state index is 0.00280. The topological polar surface area (TPSA) is 63.1 Å². The van der Waals surface area contributed by atoms with Crippen LogP contribution in [-0.2, 0) is 4.79 Å². The molecule has 0 aliphatic heterocycles. The molecule has 0 saturated carbocycles. The number of nitrogens with zero attached hydrogens (tertiary/aromatic N) is 2. The molecule has 0 unspecified atom stereocenters. The van der Waals surface area contributed by atoms with E-state index in [-0.39, 0.29) is 5.75 Å². The van der Waals surface area contributed by atoms with Gasteiger partial charge in [-0.1, -0.05) is 23.9 Å². The van der Waals surface area contributed by atoms with Gasteiger partial charge in [-0.25, -0.2) is 9.97 Å². The lowest BCUT2D eigenvalue weighted by molar-refractivity contribution is -0.133. The first kappa shape index (κ1) is 14.5. The van der Waals surface area contributed by atoms with Gasteiger partial charge in [-0.2, -0.15) is 0 Å². The molecule has 104 valence electrons. The van der Waals surface area contributed by atoms with Crippen LogP contribution in [0.1, 0.15) is 16.8 Å². The molecule has 20 heavy (non-hydrogen) atoms. The first-order valence-corrected chi connectivity index (χ1v) is 7.22. The van der Waals surface area contributed by atoms with Gasteiger partial charge in [-0.3, -0.25) is 4.79 Å². The molecule has 4 nitrogen and oxygen atoms in total. The second-order valence-corrected chi connectivity index (χ2v) is 5.65. The largest absolute Gasteiger partial charge is 0.481 e. The number of rotatable bonds is 4. The Morgan fingerprint density at radius 3 is 2.55 bits per heavy atom. The van der Waals surface area contributed by atoms with Crippen molar-refractivity contribution in [2.24, 2.45) is 0 Å². The van der Waals surface area contributed by atoms with Gasteiger partial charge in [-0.15, -0.1) is 0 Å². The van der Waals surface area contributed by atoms with Crippen LogP contribution < -0.4 is 0 Å². The highest BCUT2D eigenvalue weighted by Gasteiger charge is 2.08. The van der Waals surface area contributed by atoms with Crippen molar-refractivity contribution in [1.82, 2.24) is 9.97 Å². The van der Waals surface area contributed by atoms with Gasteiger partial charge in [0.15, 0.2) is 5.82 Å². The van der Waals surface area contributed by atoms with E-state index in [1.807, 2.05) is 19.1 Å². The van der Waals surface area contributed by atoms with Crippen LogP contribution in [0.15, 0.2) is 29.3 Å². The molecule has 0 aliphatic carbocycles. The smallest absolute Gasteiger partial charge is 0.313 e. The van der Waals surface area contributed by atoms with E-state index in [2.05, 4.69) is 29.9 Å². The van der Waals surface area contributed by atoms with Crippen molar-refractivity contribution < 1.29 is 9.90 Å². The highest BCUT2D eigenvalue weighted by atomic mass is 32.2. The summed E-state index contributed by atoms with van der Waals surface area (Å²) in [7, 11) is 0. The molecule has 2 rings (SSSR count). The summed E-state index contributed by atoms with van der Waals surface area (Å²) >= 11 is 1.21. The van der Waals surface area contributed by atoms with Gasteiger partial charge < -0.3 is 5.11 Å². The maximum absolute atomic E-state index is 10.6. The normalized spacial score (nSPS) is 10.6. The number of benzene rings is 1. The number of aliphatic carboxylic acids is 1. The van der Waals surface area contributed by atoms with Crippen molar-refractivity contribution in [3.8, 4) is 11.4 Å². The van der Waals surface area contributed by atoms with Gasteiger partial charge in [-0.05, 0) is 44.0 Å². The van der Waals surface area contributed by atoms with Crippen LogP contribution in [0.25, 0.3) is 11.4 Å². The lowest BCUT2D eigenvalue weighted by Crippen LogP contribution is -2.00. The van der Waals surface area contributed by atoms with Crippen molar-refractivity contribution in [1.29, 1.82) is 0 Å². The number of aryl methyl sites for hydroxylation is 3. The molecule has 1 heterocycles. The van der Waals surface area contributed by atoms with Crippen molar-refractivity contribution in [3.63, 3.8) is 0 Å². The lowest BCUT2D eigenvalue weighted by Gasteiger charge is -2.07. The predicted molar refractivity (Wildman–Crippen MR) is 80.0 cm³/mol. The number of carboxylic acid groups (broad SMARTS) is 1. The monoisotopic (exact) mass is 288 g/mol. The Balaban J connectivity index is 2.35. The molecule has 1 aromatic carbocycles. The number of carboxylic acids is 1. The highest BCUT2D eigenvalue weighted by Crippen LogP contribution is 2.23. The van der Waals surface area contributed by atoms with Crippen molar-refractivity contribution in [2.75, 3.05) is 5.75 Å². The third kappa shape index (κ3) is 3.57. The summed E-state index contributed by atoms with van der Waals surface area (Å²) in [5, 5.41) is 9.42. The molecule has 0 radical (unpaired) electrons. The highest BCUT2D eigenvalue weighted by molar-refractivity contribution is 7.99. The van der Waals surface area contributed by atoms with E-state index in [0.29, 0.717) is 10.9 Å². The van der Waals surface area contributed by atoms with Crippen LogP contribution in [0, 0.1) is 20.8 Å². The maximum Gasteiger partial charge on any atom is 0.313 e. The van der Waals surface area contributed by atoms with Crippen molar-refractivity contribution in [2.45, 2.75) is 25.8 Å². The zero-order chi connectivity index (χ0) is 14.7. The molecular weight excluding hydrogens is 272 g/mol. The van der Waals surface area contributed by atoms with E-state index >= 15 is 0 Å². The molecular formula is C15H16N2O2S. The number of aromatic nitrogens is 2. The molecule has 0 spiro atoms. The Hall–Kier alpha value is -1.88. The fraction of sp³-hybridized carbons (Fsp3) is 0.267. The van der Waals surface area contributed by atoms with Gasteiger partial charge in [0.2, 0.25) is 0 Å². The van der Waals surface area contributed by atoms with Crippen LogP contribution >= 0.6 is 11.8 Å². The predicted octanol–water partition coefficient (Wildman–Crippen LogP) is 3.25. The molecule has 0 fully saturated rings. The third-order valence-corrected chi connectivity index (χ3v) is 3.84. The van der Waals surface area contributed by atoms with Crippen molar-refractivity contribution >= 4 is 17.7 Å². The first-order valence-electron chi connectivity index (χ1n) is 6.23. The zero-order valence-electron chi connectivity index (χ0n) is 11.7. The summed E-state index contributed by atoms with van der Waals surface area (Å²) in [6.07, 6.45) is 0. The van der Waals surface area contributed by atoms with E-state index in [4.69, 9.17) is 5.11 Å². The van der Waals surface area contributed by atoms with Crippen molar-refractivity contribution in [3.05, 3.63) is 41.1 Å². The zero-order valence-corrected chi connectivity index (χ0v) is 12.5. The maximum atomic E-state index is 10.6. The molecule has 2 aromatic rings. The molecule has 5 heteroatoms. The average molecular weight is 288 g/mol. The summed E-state index contributed by atoms with van der Waals surface area (Å²) in [4.78, 5) is 19.5. The molecule has 0 atom stereocenters. The van der Waals surface area contributed by atoms with Gasteiger partial charge >= 0.3 is 5.97 Å². The molecule has 0 saturated heterocycles. The van der Waals surface area contributed by atoms with Gasteiger partial charge in [0.1, 0.15) is 5.03 Å². The molecule has 1 N–H and O–H groups in total. The Morgan fingerprint density at radius 2 is 1.90 bits per heavy atom. The standard InChI is InChI=1S/C15H16N2O2S/c1-9-4-5-12(6-10(9)2)15-16-11(3)7-13(17-15)20-8-14(18)19/h4-7H,8H2,1-3H3,(H,18,19). The first-order chi connectivity index (χ1) is 9.45. The van der Waals surface area contributed by atoms with E-state index in [0.717, 1.165) is 11.3 Å². The number of hydrogen-bond acceptors (Lipinski definition) is 4. The Morgan fingerprint density at radius 1 is 1.15 bits per heavy atom. The summed E-state index contributed by atoms with van der Waals surface area (Å²) in [6.45, 7) is 6.00. The van der Waals surface area contributed by atoms with E-state index < -0.39 is 5.97 Å². The van der Waals surface area contributed by atoms with Gasteiger partial charge in [0.25, 0.3) is 0 Å². The number of thioether (sulfide) groups is 1. The van der Waals surface area contributed by atoms with E-state index in [1.165, 1.54) is 22.9 Å². The lowest BCUT2D eigenvalue weighted by atomic mass is 10.1. The summed E-state index contributed by atoms with van der Waals surface area (Å²) in [6, 6.07) is 7.89. The summed E-state index contributed by atoms with van der Waals surface area (Å²) in [5.41, 5.74) is 4.20. The second-order valence-electron chi connectivity index (χ2n) is 4.65. The minimum atomic E-state index is -0.848. The summed E-state index contributed by atoms with van der Waals surface area (Å²) < 4.78 is 0. The third-order valence-electron chi connectivity index (χ3n) is 2.94. The Labute approximate surface area is 122 Å². The second kappa shape index (κ2) is 6.05. The van der Waals surface area contributed by atoms with Crippen LogP contribution in [0.3, 0.4) is 0 Å². The molecule has 0 aliphatic rings. The average Bonchev–Trinajstić information content (AvgIpc) is 2.39. The van der Waals surface area contributed by atoms with E-state index in [1.54, 1.807) is 6.07 Å². The van der Waals surface area contributed by atoms with Crippen LogP contribution in [0.5, 0.6) is 0 Å². The van der Waals surface area contributed by atoms with Crippen LogP contribution in [0.4, 0.5) is 0 Å². The van der Waals surface area contributed by atoms with Gasteiger partial charge in [0.05, 0.1) is 5.75 Å². The molecule has 0 bridgehead atoms. The fourth-order valence-electron chi connectivity index (χ4n) is 1.76. The fourth-order valence-corrected chi connectivity index (χ4v) is 2.44. The molecule has 1 aromatic heterocycles. The quantitative estimate of drug-likeness (QED) is 0.691. The number of carbonyl (C=O) groups is 1. The summed E-state index contributed by atoms with van der Waals surface area (Å²) in [5.74, 6) is -0.206. The van der Waals surface area contributed by atoms with Crippen LogP contribution in [0.2, 0.25) is 0 Å². The Kier molecular flexibility index (Phi) is 4.39. The molecule has 0 amide bonds. The SMILES string of the molecule is Cc1cc(SCC(=O)O)nc(-c2ccc(C)c(C)c2)n1. The minimum Gasteiger partial charge on any atom is -0.481 e.